The molecule has 0 N–H and O–H groups in total. The van der Waals surface area contributed by atoms with Crippen molar-refractivity contribution in [2.75, 3.05) is 0 Å². The molecular weight excluding hydrogens is 132 g/mol. The molecule has 0 fully saturated rings. The van der Waals surface area contributed by atoms with E-state index in [0.29, 0.717) is 0 Å². The first-order valence-electron chi connectivity index (χ1n) is 2.46. The molecule has 0 heterocycles. The summed E-state index contributed by atoms with van der Waals surface area (Å²) in [4.78, 5) is 0. The molecule has 0 amide bonds. The SMILES string of the molecule is C[Si](C)(C)C[Si][Si]. The minimum Gasteiger partial charge on any atom is -0.0698 e. The van der Waals surface area contributed by atoms with Crippen LogP contribution in [0.1, 0.15) is 0 Å². The van der Waals surface area contributed by atoms with E-state index in [1.165, 1.54) is 5.67 Å². The lowest BCUT2D eigenvalue weighted by molar-refractivity contribution is 1.64. The number of hydrogen-bond acceptors (Lipinski definition) is 0. The van der Waals surface area contributed by atoms with Crippen molar-refractivity contribution in [1.29, 1.82) is 0 Å². The highest BCUT2D eigenvalue weighted by atomic mass is 29.1. The van der Waals surface area contributed by atoms with E-state index >= 15 is 0 Å². The molecule has 0 nitrogen and oxygen atoms in total. The number of rotatable bonds is 2. The maximum atomic E-state index is 3.49. The predicted molar refractivity (Wildman–Crippen MR) is 39.7 cm³/mol. The van der Waals surface area contributed by atoms with Crippen LogP contribution in [0.4, 0.5) is 0 Å². The van der Waals surface area contributed by atoms with Crippen LogP contribution in [0.25, 0.3) is 0 Å². The molecule has 0 aliphatic heterocycles. The van der Waals surface area contributed by atoms with Gasteiger partial charge in [0.1, 0.15) is 0 Å². The molecule has 0 atom stereocenters. The zero-order valence-electron chi connectivity index (χ0n) is 5.21. The standard InChI is InChI=1S/C4H11Si3/c1-7(2,3)4-6-5/h4H2,1-3H3. The van der Waals surface area contributed by atoms with Crippen LogP contribution in [0.5, 0.6) is 0 Å². The first-order chi connectivity index (χ1) is 3.06. The summed E-state index contributed by atoms with van der Waals surface area (Å²) in [5.74, 6) is 0. The van der Waals surface area contributed by atoms with E-state index < -0.39 is 8.07 Å². The van der Waals surface area contributed by atoms with E-state index in [1.54, 1.807) is 0 Å². The van der Waals surface area contributed by atoms with Crippen LogP contribution in [-0.2, 0) is 0 Å². The lowest BCUT2D eigenvalue weighted by Crippen LogP contribution is -2.22. The summed E-state index contributed by atoms with van der Waals surface area (Å²) in [5, 5.41) is 0. The van der Waals surface area contributed by atoms with Gasteiger partial charge in [-0.05, 0) is 0 Å². The Balaban J connectivity index is 3.15. The summed E-state index contributed by atoms with van der Waals surface area (Å²) >= 11 is 0. The largest absolute Gasteiger partial charge is 0.0698 e. The molecule has 0 rings (SSSR count). The molecule has 0 aliphatic carbocycles. The summed E-state index contributed by atoms with van der Waals surface area (Å²) in [7, 11) is 3.77. The minimum atomic E-state index is -0.693. The molecule has 0 unspecified atom stereocenters. The molecule has 7 heavy (non-hydrogen) atoms. The molecular formula is C4H11Si3. The van der Waals surface area contributed by atoms with Gasteiger partial charge in [-0.2, -0.15) is 0 Å². The third kappa shape index (κ3) is 6.65. The van der Waals surface area contributed by atoms with Gasteiger partial charge in [-0.3, -0.25) is 0 Å². The highest BCUT2D eigenvalue weighted by Gasteiger charge is 2.09. The maximum absolute atomic E-state index is 3.49. The second kappa shape index (κ2) is 2.84. The van der Waals surface area contributed by atoms with E-state index in [2.05, 4.69) is 29.4 Å². The normalized spacial score (nSPS) is 12.0. The van der Waals surface area contributed by atoms with Crippen molar-refractivity contribution in [3.05, 3.63) is 0 Å². The molecule has 0 aromatic carbocycles. The van der Waals surface area contributed by atoms with Gasteiger partial charge < -0.3 is 0 Å². The Bertz CT molecular complexity index is 45.4. The molecule has 39 valence electrons. The molecule has 0 bridgehead atoms. The van der Waals surface area contributed by atoms with Gasteiger partial charge in [0, 0.05) is 26.9 Å². The molecule has 0 aromatic rings. The topological polar surface area (TPSA) is 0 Å². The smallest absolute Gasteiger partial charge is 0.0409 e. The van der Waals surface area contributed by atoms with Crippen LogP contribution in [0, 0.1) is 0 Å². The van der Waals surface area contributed by atoms with E-state index in [9.17, 15) is 0 Å². The van der Waals surface area contributed by atoms with Crippen LogP contribution < -0.4 is 0 Å². The van der Waals surface area contributed by atoms with E-state index in [0.717, 1.165) is 9.04 Å². The zero-order chi connectivity index (χ0) is 5.91. The van der Waals surface area contributed by atoms with Gasteiger partial charge in [0.05, 0.1) is 0 Å². The van der Waals surface area contributed by atoms with E-state index in [4.69, 9.17) is 0 Å². The molecule has 5 radical (unpaired) electrons. The second-order valence-electron chi connectivity index (χ2n) is 2.91. The highest BCUT2D eigenvalue weighted by Crippen LogP contribution is 2.03. The van der Waals surface area contributed by atoms with Crippen molar-refractivity contribution in [2.24, 2.45) is 0 Å². The molecule has 0 saturated carbocycles. The Kier molecular flexibility index (Phi) is 3.10. The Morgan fingerprint density at radius 3 is 1.86 bits per heavy atom. The summed E-state index contributed by atoms with van der Waals surface area (Å²) in [6, 6.07) is 0. The predicted octanol–water partition coefficient (Wildman–Crippen LogP) is 1.07. The molecule has 0 aliphatic rings. The fourth-order valence-corrected chi connectivity index (χ4v) is 7.16. The first-order valence-corrected chi connectivity index (χ1v) is 8.87. The van der Waals surface area contributed by atoms with E-state index in [-0.39, 0.29) is 0 Å². The van der Waals surface area contributed by atoms with Gasteiger partial charge in [-0.25, -0.2) is 0 Å². The lowest BCUT2D eigenvalue weighted by atomic mass is 11.8. The van der Waals surface area contributed by atoms with Crippen LogP contribution in [0.15, 0.2) is 0 Å². The van der Waals surface area contributed by atoms with Crippen molar-refractivity contribution < 1.29 is 0 Å². The molecule has 0 saturated heterocycles. The van der Waals surface area contributed by atoms with Crippen LogP contribution >= 0.6 is 0 Å². The Morgan fingerprint density at radius 1 is 1.43 bits per heavy atom. The van der Waals surface area contributed by atoms with E-state index in [1.807, 2.05) is 0 Å². The second-order valence-corrected chi connectivity index (χ2v) is 10.9. The average Bonchev–Trinajstić information content (AvgIpc) is 1.30. The van der Waals surface area contributed by atoms with Gasteiger partial charge in [0.25, 0.3) is 0 Å². The monoisotopic (exact) mass is 143 g/mol. The van der Waals surface area contributed by atoms with Crippen LogP contribution in [-0.4, -0.2) is 26.9 Å². The molecule has 0 spiro atoms. The first kappa shape index (κ1) is 7.65. The highest BCUT2D eigenvalue weighted by molar-refractivity contribution is 6.99. The lowest BCUT2D eigenvalue weighted by Gasteiger charge is -2.12. The van der Waals surface area contributed by atoms with Crippen LogP contribution in [0.2, 0.25) is 25.3 Å². The average molecular weight is 143 g/mol. The van der Waals surface area contributed by atoms with Gasteiger partial charge in [-0.15, -0.1) is 0 Å². The summed E-state index contributed by atoms with van der Waals surface area (Å²) in [5.41, 5.74) is 1.42. The zero-order valence-corrected chi connectivity index (χ0v) is 8.21. The Morgan fingerprint density at radius 2 is 1.86 bits per heavy atom. The third-order valence-electron chi connectivity index (χ3n) is 0.619. The van der Waals surface area contributed by atoms with Crippen molar-refractivity contribution >= 4 is 26.9 Å². The fourth-order valence-electron chi connectivity index (χ4n) is 0.265. The van der Waals surface area contributed by atoms with Crippen molar-refractivity contribution in [1.82, 2.24) is 0 Å². The van der Waals surface area contributed by atoms with Gasteiger partial charge in [-0.1, -0.05) is 25.3 Å². The molecule has 0 aromatic heterocycles. The van der Waals surface area contributed by atoms with Crippen molar-refractivity contribution in [3.63, 3.8) is 0 Å². The van der Waals surface area contributed by atoms with Gasteiger partial charge in [0.15, 0.2) is 0 Å². The van der Waals surface area contributed by atoms with Gasteiger partial charge in [0.2, 0.25) is 0 Å². The summed E-state index contributed by atoms with van der Waals surface area (Å²) < 4.78 is 0. The molecule has 3 heteroatoms. The minimum absolute atomic E-state index is 0.693. The fraction of sp³-hybridized carbons (Fsp3) is 1.00. The van der Waals surface area contributed by atoms with Crippen molar-refractivity contribution in [2.45, 2.75) is 25.3 Å². The maximum Gasteiger partial charge on any atom is 0.0409 e. The summed E-state index contributed by atoms with van der Waals surface area (Å²) in [6.45, 7) is 7.17. The van der Waals surface area contributed by atoms with Crippen molar-refractivity contribution in [3.8, 4) is 0 Å². The third-order valence-corrected chi connectivity index (χ3v) is 7.16. The quantitative estimate of drug-likeness (QED) is 0.507. The van der Waals surface area contributed by atoms with Gasteiger partial charge >= 0.3 is 0 Å². The summed E-state index contributed by atoms with van der Waals surface area (Å²) in [6.07, 6.45) is 0. The van der Waals surface area contributed by atoms with Crippen LogP contribution in [0.3, 0.4) is 0 Å². The Labute approximate surface area is 52.7 Å². The Hall–Kier alpha value is 0.651. The number of hydrogen-bond donors (Lipinski definition) is 0.